The predicted octanol–water partition coefficient (Wildman–Crippen LogP) is 6.93. The van der Waals surface area contributed by atoms with Gasteiger partial charge in [0.15, 0.2) is 11.5 Å². The third kappa shape index (κ3) is 5.81. The number of methoxy groups -OCH3 is 1. The molecule has 0 aliphatic carbocycles. The molecule has 0 bridgehead atoms. The van der Waals surface area contributed by atoms with E-state index in [4.69, 9.17) is 21.1 Å². The highest BCUT2D eigenvalue weighted by molar-refractivity contribution is 6.31. The zero-order valence-corrected chi connectivity index (χ0v) is 20.1. The van der Waals surface area contributed by atoms with Crippen molar-refractivity contribution in [3.63, 3.8) is 0 Å². The van der Waals surface area contributed by atoms with Gasteiger partial charge in [-0.3, -0.25) is 4.79 Å². The largest absolute Gasteiger partial charge is 0.493 e. The lowest BCUT2D eigenvalue weighted by molar-refractivity contribution is -0.112. The van der Waals surface area contributed by atoms with Gasteiger partial charge in [0.2, 0.25) is 0 Å². The Balaban J connectivity index is 1.50. The molecule has 0 spiro atoms. The number of nitriles is 1. The molecule has 0 saturated carbocycles. The SMILES string of the molecule is COc1cc(/C=C(\C#N)C(=O)Nc2cc(Cl)ccc2C)ccc1OCc1ccc2ccccc2c1. The summed E-state index contributed by atoms with van der Waals surface area (Å²) >= 11 is 6.03. The smallest absolute Gasteiger partial charge is 0.266 e. The highest BCUT2D eigenvalue weighted by Gasteiger charge is 2.13. The fourth-order valence-electron chi connectivity index (χ4n) is 3.62. The van der Waals surface area contributed by atoms with Gasteiger partial charge >= 0.3 is 0 Å². The van der Waals surface area contributed by atoms with Crippen LogP contribution >= 0.6 is 11.6 Å². The molecule has 6 heteroatoms. The topological polar surface area (TPSA) is 71.3 Å². The molecule has 1 amide bonds. The number of anilines is 1. The van der Waals surface area contributed by atoms with E-state index < -0.39 is 5.91 Å². The monoisotopic (exact) mass is 482 g/mol. The number of hydrogen-bond acceptors (Lipinski definition) is 4. The van der Waals surface area contributed by atoms with Gasteiger partial charge < -0.3 is 14.8 Å². The molecule has 0 aliphatic heterocycles. The van der Waals surface area contributed by atoms with Crippen LogP contribution < -0.4 is 14.8 Å². The van der Waals surface area contributed by atoms with E-state index in [2.05, 4.69) is 29.6 Å². The summed E-state index contributed by atoms with van der Waals surface area (Å²) in [6, 6.07) is 26.8. The van der Waals surface area contributed by atoms with Crippen molar-refractivity contribution in [2.45, 2.75) is 13.5 Å². The van der Waals surface area contributed by atoms with Crippen LogP contribution in [0.1, 0.15) is 16.7 Å². The lowest BCUT2D eigenvalue weighted by atomic mass is 10.1. The van der Waals surface area contributed by atoms with Gasteiger partial charge in [0, 0.05) is 10.7 Å². The van der Waals surface area contributed by atoms with E-state index in [9.17, 15) is 10.1 Å². The van der Waals surface area contributed by atoms with Crippen LogP contribution in [0.2, 0.25) is 5.02 Å². The Morgan fingerprint density at radius 1 is 1.00 bits per heavy atom. The molecule has 4 aromatic carbocycles. The highest BCUT2D eigenvalue weighted by atomic mass is 35.5. The van der Waals surface area contributed by atoms with E-state index in [1.165, 1.54) is 11.5 Å². The van der Waals surface area contributed by atoms with Crippen molar-refractivity contribution in [3.05, 3.63) is 106 Å². The molecule has 0 aliphatic rings. The van der Waals surface area contributed by atoms with Crippen LogP contribution in [0.3, 0.4) is 0 Å². The van der Waals surface area contributed by atoms with Crippen LogP contribution in [0.15, 0.2) is 84.4 Å². The Morgan fingerprint density at radius 2 is 1.80 bits per heavy atom. The second kappa shape index (κ2) is 10.8. The van der Waals surface area contributed by atoms with Crippen molar-refractivity contribution in [1.82, 2.24) is 0 Å². The number of fused-ring (bicyclic) bond motifs is 1. The summed E-state index contributed by atoms with van der Waals surface area (Å²) in [6.07, 6.45) is 1.50. The first-order valence-corrected chi connectivity index (χ1v) is 11.3. The van der Waals surface area contributed by atoms with Gasteiger partial charge in [-0.15, -0.1) is 0 Å². The van der Waals surface area contributed by atoms with Crippen molar-refractivity contribution in [2.75, 3.05) is 12.4 Å². The first-order chi connectivity index (χ1) is 17.0. The minimum absolute atomic E-state index is 0.0451. The van der Waals surface area contributed by atoms with E-state index in [0.29, 0.717) is 34.4 Å². The van der Waals surface area contributed by atoms with Gasteiger partial charge in [0.05, 0.1) is 7.11 Å². The Morgan fingerprint density at radius 3 is 2.57 bits per heavy atom. The summed E-state index contributed by atoms with van der Waals surface area (Å²) in [6.45, 7) is 2.23. The average Bonchev–Trinajstić information content (AvgIpc) is 2.88. The Labute approximate surface area is 209 Å². The molecule has 35 heavy (non-hydrogen) atoms. The summed E-state index contributed by atoms with van der Waals surface area (Å²) in [4.78, 5) is 12.7. The molecule has 174 valence electrons. The van der Waals surface area contributed by atoms with Gasteiger partial charge in [-0.25, -0.2) is 0 Å². The number of hydrogen-bond donors (Lipinski definition) is 1. The Hall–Kier alpha value is -4.27. The number of aryl methyl sites for hydroxylation is 1. The lowest BCUT2D eigenvalue weighted by Crippen LogP contribution is -2.14. The van der Waals surface area contributed by atoms with Crippen molar-refractivity contribution >= 4 is 40.0 Å². The molecule has 0 aromatic heterocycles. The highest BCUT2D eigenvalue weighted by Crippen LogP contribution is 2.30. The van der Waals surface area contributed by atoms with E-state index >= 15 is 0 Å². The maximum atomic E-state index is 12.7. The van der Waals surface area contributed by atoms with Crippen molar-refractivity contribution in [1.29, 1.82) is 5.26 Å². The Kier molecular flexibility index (Phi) is 7.35. The predicted molar refractivity (Wildman–Crippen MR) is 140 cm³/mol. The normalized spacial score (nSPS) is 11.1. The quantitative estimate of drug-likeness (QED) is 0.229. The maximum Gasteiger partial charge on any atom is 0.266 e. The van der Waals surface area contributed by atoms with E-state index in [1.807, 2.05) is 31.2 Å². The minimum Gasteiger partial charge on any atom is -0.493 e. The number of halogens is 1. The van der Waals surface area contributed by atoms with Crippen molar-refractivity contribution in [3.8, 4) is 17.6 Å². The number of benzene rings is 4. The van der Waals surface area contributed by atoms with Crippen molar-refractivity contribution < 1.29 is 14.3 Å². The van der Waals surface area contributed by atoms with E-state index in [-0.39, 0.29) is 5.57 Å². The van der Waals surface area contributed by atoms with Crippen molar-refractivity contribution in [2.24, 2.45) is 0 Å². The number of rotatable bonds is 7. The number of carbonyl (C=O) groups is 1. The molecule has 0 atom stereocenters. The van der Waals surface area contributed by atoms with Crippen LogP contribution in [0.5, 0.6) is 11.5 Å². The number of nitrogens with zero attached hydrogens (tertiary/aromatic N) is 1. The fourth-order valence-corrected chi connectivity index (χ4v) is 3.79. The van der Waals surface area contributed by atoms with E-state index in [0.717, 1.165) is 16.5 Å². The van der Waals surface area contributed by atoms with E-state index in [1.54, 1.807) is 43.5 Å². The second-order valence-electron chi connectivity index (χ2n) is 7.96. The standard InChI is InChI=1S/C29H23ClN2O3/c1-19-7-11-25(30)16-26(19)32-29(33)24(17-31)13-20-9-12-27(28(15-20)34-2)35-18-21-8-10-22-5-3-4-6-23(22)14-21/h3-16H,18H2,1-2H3,(H,32,33)/b24-13+. The maximum absolute atomic E-state index is 12.7. The summed E-state index contributed by atoms with van der Waals surface area (Å²) in [5.74, 6) is 0.548. The molecule has 0 heterocycles. The van der Waals surface area contributed by atoms with Gasteiger partial charge in [0.25, 0.3) is 5.91 Å². The zero-order valence-electron chi connectivity index (χ0n) is 19.3. The third-order valence-electron chi connectivity index (χ3n) is 5.52. The first-order valence-electron chi connectivity index (χ1n) is 10.9. The molecule has 0 unspecified atom stereocenters. The van der Waals surface area contributed by atoms with Crippen LogP contribution in [0, 0.1) is 18.3 Å². The first kappa shape index (κ1) is 23.9. The second-order valence-corrected chi connectivity index (χ2v) is 8.40. The molecule has 4 aromatic rings. The summed E-state index contributed by atoms with van der Waals surface area (Å²) < 4.78 is 11.5. The summed E-state index contributed by atoms with van der Waals surface area (Å²) in [5, 5.41) is 15.1. The van der Waals surface area contributed by atoms with Crippen LogP contribution in [-0.4, -0.2) is 13.0 Å². The molecule has 0 fully saturated rings. The van der Waals surface area contributed by atoms with Crippen LogP contribution in [-0.2, 0) is 11.4 Å². The Bertz CT molecular complexity index is 1470. The van der Waals surface area contributed by atoms with Gasteiger partial charge in [-0.2, -0.15) is 5.26 Å². The summed E-state index contributed by atoms with van der Waals surface area (Å²) in [5.41, 5.74) is 3.02. The van der Waals surface area contributed by atoms with Gasteiger partial charge in [-0.05, 0) is 70.8 Å². The molecule has 4 rings (SSSR count). The average molecular weight is 483 g/mol. The molecule has 0 saturated heterocycles. The minimum atomic E-state index is -0.520. The van der Waals surface area contributed by atoms with Gasteiger partial charge in [-0.1, -0.05) is 60.1 Å². The molecular weight excluding hydrogens is 460 g/mol. The van der Waals surface area contributed by atoms with Crippen LogP contribution in [0.4, 0.5) is 5.69 Å². The van der Waals surface area contributed by atoms with Crippen LogP contribution in [0.25, 0.3) is 16.8 Å². The number of amides is 1. The molecule has 1 N–H and O–H groups in total. The number of ether oxygens (including phenoxy) is 2. The third-order valence-corrected chi connectivity index (χ3v) is 5.75. The zero-order chi connectivity index (χ0) is 24.8. The number of nitrogens with one attached hydrogen (secondary N) is 1. The molecule has 5 nitrogen and oxygen atoms in total. The number of carbonyl (C=O) groups excluding carboxylic acids is 1. The molecular formula is C29H23ClN2O3. The fraction of sp³-hybridized carbons (Fsp3) is 0.103. The molecule has 0 radical (unpaired) electrons. The van der Waals surface area contributed by atoms with Gasteiger partial charge in [0.1, 0.15) is 18.2 Å². The lowest BCUT2D eigenvalue weighted by Gasteiger charge is -2.12. The summed E-state index contributed by atoms with van der Waals surface area (Å²) in [7, 11) is 1.55.